The summed E-state index contributed by atoms with van der Waals surface area (Å²) in [5.74, 6) is -0.399. The topological polar surface area (TPSA) is 105 Å². The number of anilines is 1. The zero-order valence-corrected chi connectivity index (χ0v) is 29.0. The van der Waals surface area contributed by atoms with Gasteiger partial charge in [0.15, 0.2) is 11.5 Å². The number of amides is 2. The minimum absolute atomic E-state index is 0.102. The number of hydrogen-bond acceptors (Lipinski definition) is 6. The van der Waals surface area contributed by atoms with Gasteiger partial charge in [0.25, 0.3) is 10.0 Å². The zero-order valence-electron chi connectivity index (χ0n) is 26.7. The van der Waals surface area contributed by atoms with Gasteiger partial charge in [-0.1, -0.05) is 49.2 Å². The molecule has 45 heavy (non-hydrogen) atoms. The lowest BCUT2D eigenvalue weighted by Gasteiger charge is -2.34. The first-order valence-corrected chi connectivity index (χ1v) is 16.8. The molecule has 0 spiro atoms. The van der Waals surface area contributed by atoms with Gasteiger partial charge in [0.2, 0.25) is 11.8 Å². The molecule has 0 unspecified atom stereocenters. The van der Waals surface area contributed by atoms with Crippen LogP contribution in [0.15, 0.2) is 59.5 Å². The molecule has 0 bridgehead atoms. The molecular weight excluding hydrogens is 637 g/mol. The third-order valence-electron chi connectivity index (χ3n) is 7.49. The van der Waals surface area contributed by atoms with Crippen LogP contribution in [0.3, 0.4) is 0 Å². The Bertz CT molecular complexity index is 1590. The van der Waals surface area contributed by atoms with Gasteiger partial charge < -0.3 is 19.7 Å². The summed E-state index contributed by atoms with van der Waals surface area (Å²) >= 11 is 13.0. The number of carbonyl (C=O) groups is 2. The fourth-order valence-electron chi connectivity index (χ4n) is 4.94. The summed E-state index contributed by atoms with van der Waals surface area (Å²) in [7, 11) is -1.48. The number of ether oxygens (including phenoxy) is 2. The molecule has 1 N–H and O–H groups in total. The minimum atomic E-state index is -4.34. The fraction of sp³-hybridized carbons (Fsp3) is 0.394. The van der Waals surface area contributed by atoms with Crippen LogP contribution in [-0.2, 0) is 26.2 Å². The number of halogens is 2. The van der Waals surface area contributed by atoms with Crippen LogP contribution < -0.4 is 19.1 Å². The number of nitrogens with zero attached hydrogens (tertiary/aromatic N) is 2. The molecule has 2 atom stereocenters. The summed E-state index contributed by atoms with van der Waals surface area (Å²) in [4.78, 5) is 29.2. The van der Waals surface area contributed by atoms with E-state index in [1.807, 2.05) is 33.8 Å². The van der Waals surface area contributed by atoms with Gasteiger partial charge in [-0.15, -0.1) is 0 Å². The Labute approximate surface area is 276 Å². The van der Waals surface area contributed by atoms with Crippen molar-refractivity contribution in [3.63, 3.8) is 0 Å². The molecular formula is C33H41Cl2N3O6S. The van der Waals surface area contributed by atoms with Crippen molar-refractivity contribution >= 4 is 50.7 Å². The van der Waals surface area contributed by atoms with Crippen molar-refractivity contribution in [1.82, 2.24) is 10.2 Å². The lowest BCUT2D eigenvalue weighted by molar-refractivity contribution is -0.140. The van der Waals surface area contributed by atoms with E-state index >= 15 is 0 Å². The molecule has 9 nitrogen and oxygen atoms in total. The average molecular weight is 679 g/mol. The van der Waals surface area contributed by atoms with E-state index in [1.165, 1.54) is 37.3 Å². The first-order chi connectivity index (χ1) is 21.3. The number of methoxy groups -OCH3 is 2. The highest BCUT2D eigenvalue weighted by atomic mass is 35.5. The molecule has 0 saturated carbocycles. The van der Waals surface area contributed by atoms with Crippen molar-refractivity contribution in [3.05, 3.63) is 81.3 Å². The quantitative estimate of drug-likeness (QED) is 0.208. The maximum Gasteiger partial charge on any atom is 0.264 e. The highest BCUT2D eigenvalue weighted by molar-refractivity contribution is 7.92. The highest BCUT2D eigenvalue weighted by Crippen LogP contribution is 2.33. The Hall–Kier alpha value is -3.47. The molecule has 0 aromatic heterocycles. The second-order valence-electron chi connectivity index (χ2n) is 10.8. The first-order valence-electron chi connectivity index (χ1n) is 14.6. The first kappa shape index (κ1) is 36.0. The SMILES string of the molecule is CC[C@H](C(=O)N[C@@H](C)CC)N(Cc1c(Cl)cccc1Cl)C(=O)CN(c1cc(C)cc(C)c1)S(=O)(=O)c1ccc(OC)c(OC)c1. The predicted octanol–water partition coefficient (Wildman–Crippen LogP) is 6.54. The fourth-order valence-corrected chi connectivity index (χ4v) is 6.87. The van der Waals surface area contributed by atoms with Crippen LogP contribution in [0, 0.1) is 13.8 Å². The van der Waals surface area contributed by atoms with Gasteiger partial charge in [-0.25, -0.2) is 8.42 Å². The number of hydrogen-bond donors (Lipinski definition) is 1. The number of nitrogens with one attached hydrogen (secondary N) is 1. The Morgan fingerprint density at radius 1 is 0.889 bits per heavy atom. The van der Waals surface area contributed by atoms with Crippen molar-refractivity contribution in [2.45, 2.75) is 71.0 Å². The normalized spacial score (nSPS) is 12.6. The molecule has 0 fully saturated rings. The number of rotatable bonds is 14. The van der Waals surface area contributed by atoms with E-state index in [2.05, 4.69) is 5.32 Å². The van der Waals surface area contributed by atoms with Crippen molar-refractivity contribution in [1.29, 1.82) is 0 Å². The van der Waals surface area contributed by atoms with Gasteiger partial charge in [-0.05, 0) is 81.1 Å². The van der Waals surface area contributed by atoms with Gasteiger partial charge in [-0.3, -0.25) is 13.9 Å². The Morgan fingerprint density at radius 2 is 1.49 bits per heavy atom. The van der Waals surface area contributed by atoms with E-state index in [9.17, 15) is 18.0 Å². The maximum absolute atomic E-state index is 14.4. The van der Waals surface area contributed by atoms with Crippen molar-refractivity contribution < 1.29 is 27.5 Å². The number of aryl methyl sites for hydroxylation is 2. The van der Waals surface area contributed by atoms with E-state index in [0.717, 1.165) is 15.4 Å². The van der Waals surface area contributed by atoms with Crippen molar-refractivity contribution in [2.24, 2.45) is 0 Å². The molecule has 12 heteroatoms. The minimum Gasteiger partial charge on any atom is -0.493 e. The molecule has 0 heterocycles. The summed E-state index contributed by atoms with van der Waals surface area (Å²) in [6, 6.07) is 13.5. The zero-order chi connectivity index (χ0) is 33.5. The largest absolute Gasteiger partial charge is 0.493 e. The van der Waals surface area contributed by atoms with Gasteiger partial charge in [0.1, 0.15) is 12.6 Å². The Balaban J connectivity index is 2.17. The van der Waals surface area contributed by atoms with Crippen LogP contribution in [0.4, 0.5) is 5.69 Å². The summed E-state index contributed by atoms with van der Waals surface area (Å²) in [5, 5.41) is 3.60. The lowest BCUT2D eigenvalue weighted by Crippen LogP contribution is -2.53. The van der Waals surface area contributed by atoms with E-state index < -0.39 is 28.5 Å². The van der Waals surface area contributed by atoms with Gasteiger partial charge in [-0.2, -0.15) is 0 Å². The Kier molecular flexibility index (Phi) is 12.6. The van der Waals surface area contributed by atoms with Gasteiger partial charge >= 0.3 is 0 Å². The molecule has 0 aliphatic rings. The second kappa shape index (κ2) is 15.7. The standard InChI is InChI=1S/C33H41Cl2N3O6S/c1-8-23(5)36-33(40)29(9-2)37(19-26-27(34)11-10-12-28(26)35)32(39)20-38(24-16-21(3)15-22(4)17-24)45(41,42)25-13-14-30(43-6)31(18-25)44-7/h10-18,23,29H,8-9,19-20H2,1-7H3,(H,36,40)/t23-,29+/m0/s1. The number of benzene rings is 3. The molecule has 0 radical (unpaired) electrons. The summed E-state index contributed by atoms with van der Waals surface area (Å²) < 4.78 is 40.4. The smallest absolute Gasteiger partial charge is 0.264 e. The molecule has 0 aliphatic heterocycles. The molecule has 244 valence electrons. The number of sulfonamides is 1. The van der Waals surface area contributed by atoms with Crippen LogP contribution in [0.25, 0.3) is 0 Å². The van der Waals surface area contributed by atoms with Crippen LogP contribution in [0.5, 0.6) is 11.5 Å². The monoisotopic (exact) mass is 677 g/mol. The van der Waals surface area contributed by atoms with Crippen LogP contribution in [-0.4, -0.2) is 58.0 Å². The third-order valence-corrected chi connectivity index (χ3v) is 9.97. The maximum atomic E-state index is 14.4. The molecule has 3 aromatic carbocycles. The average Bonchev–Trinajstić information content (AvgIpc) is 2.99. The number of carbonyl (C=O) groups excluding carboxylic acids is 2. The molecule has 3 aromatic rings. The van der Waals surface area contributed by atoms with Crippen LogP contribution >= 0.6 is 23.2 Å². The van der Waals surface area contributed by atoms with E-state index in [0.29, 0.717) is 33.5 Å². The molecule has 0 saturated heterocycles. The van der Waals surface area contributed by atoms with Gasteiger partial charge in [0.05, 0.1) is 24.8 Å². The summed E-state index contributed by atoms with van der Waals surface area (Å²) in [5.41, 5.74) is 2.36. The lowest BCUT2D eigenvalue weighted by atomic mass is 10.1. The van der Waals surface area contributed by atoms with Crippen LogP contribution in [0.1, 0.15) is 50.3 Å². The Morgan fingerprint density at radius 3 is 2.02 bits per heavy atom. The van der Waals surface area contributed by atoms with Crippen molar-refractivity contribution in [3.8, 4) is 11.5 Å². The van der Waals surface area contributed by atoms with E-state index in [4.69, 9.17) is 32.7 Å². The molecule has 3 rings (SSSR count). The summed E-state index contributed by atoms with van der Waals surface area (Å²) in [6.45, 7) is 8.58. The van der Waals surface area contributed by atoms with Gasteiger partial charge in [0, 0.05) is 34.3 Å². The van der Waals surface area contributed by atoms with E-state index in [-0.39, 0.29) is 35.6 Å². The predicted molar refractivity (Wildman–Crippen MR) is 179 cm³/mol. The molecule has 0 aliphatic carbocycles. The third kappa shape index (κ3) is 8.62. The van der Waals surface area contributed by atoms with Crippen molar-refractivity contribution in [2.75, 3.05) is 25.1 Å². The van der Waals surface area contributed by atoms with E-state index in [1.54, 1.807) is 37.3 Å². The summed E-state index contributed by atoms with van der Waals surface area (Å²) in [6.07, 6.45) is 0.957. The second-order valence-corrected chi connectivity index (χ2v) is 13.5. The highest BCUT2D eigenvalue weighted by Gasteiger charge is 2.35. The molecule has 2 amide bonds. The van der Waals surface area contributed by atoms with Crippen LogP contribution in [0.2, 0.25) is 10.0 Å².